The number of benzene rings is 3. The second-order valence-electron chi connectivity index (χ2n) is 9.37. The highest BCUT2D eigenvalue weighted by atomic mass is 19.4. The summed E-state index contributed by atoms with van der Waals surface area (Å²) in [6.45, 7) is 0. The maximum Gasteiger partial charge on any atom is 0.461 e. The van der Waals surface area contributed by atoms with Gasteiger partial charge < -0.3 is 15.4 Å². The Hall–Kier alpha value is -3.90. The molecule has 3 aromatic carbocycles. The third-order valence-electron chi connectivity index (χ3n) is 6.49. The van der Waals surface area contributed by atoms with E-state index in [1.165, 1.54) is 0 Å². The minimum Gasteiger partial charge on any atom is -0.428 e. The van der Waals surface area contributed by atoms with Crippen LogP contribution in [0, 0.1) is 11.6 Å². The van der Waals surface area contributed by atoms with Gasteiger partial charge in [0.2, 0.25) is 0 Å². The van der Waals surface area contributed by atoms with E-state index in [1.54, 1.807) is 30.3 Å². The fourth-order valence-electron chi connectivity index (χ4n) is 4.31. The Bertz CT molecular complexity index is 1340. The summed E-state index contributed by atoms with van der Waals surface area (Å²) in [5.41, 5.74) is -4.43. The molecule has 2 amide bonds. The van der Waals surface area contributed by atoms with Gasteiger partial charge >= 0.3 is 24.7 Å². The van der Waals surface area contributed by atoms with E-state index >= 15 is 0 Å². The SMILES string of the molecule is O=C(NC1(C(F)(F)F)CC1)N[C@](Cc1ccccc1)(c1ccc(F)cc1)c1cc(F)cc(OC(F)(F)C(F)F)c1. The number of alkyl halides is 7. The van der Waals surface area contributed by atoms with Crippen molar-refractivity contribution in [2.45, 2.75) is 49.1 Å². The van der Waals surface area contributed by atoms with Crippen LogP contribution < -0.4 is 15.4 Å². The zero-order valence-electron chi connectivity index (χ0n) is 20.3. The number of hydrogen-bond donors (Lipinski definition) is 2. The quantitative estimate of drug-likeness (QED) is 0.268. The van der Waals surface area contributed by atoms with Crippen LogP contribution in [0.5, 0.6) is 5.75 Å². The van der Waals surface area contributed by atoms with E-state index < -0.39 is 66.0 Å². The Morgan fingerprint density at radius 2 is 1.48 bits per heavy atom. The Morgan fingerprint density at radius 3 is 2.02 bits per heavy atom. The van der Waals surface area contributed by atoms with Crippen LogP contribution >= 0.6 is 0 Å². The number of ether oxygens (including phenoxy) is 1. The predicted octanol–water partition coefficient (Wildman–Crippen LogP) is 7.08. The third-order valence-corrected chi connectivity index (χ3v) is 6.49. The van der Waals surface area contributed by atoms with Gasteiger partial charge in [-0.15, -0.1) is 0 Å². The Kier molecular flexibility index (Phi) is 7.70. The van der Waals surface area contributed by atoms with Crippen molar-refractivity contribution in [2.75, 3.05) is 0 Å². The summed E-state index contributed by atoms with van der Waals surface area (Å²) in [5, 5.41) is 4.30. The van der Waals surface area contributed by atoms with Crippen molar-refractivity contribution < 1.29 is 49.0 Å². The molecule has 2 N–H and O–H groups in total. The molecule has 0 radical (unpaired) electrons. The van der Waals surface area contributed by atoms with Crippen LogP contribution in [0.2, 0.25) is 0 Å². The zero-order chi connectivity index (χ0) is 29.3. The predicted molar refractivity (Wildman–Crippen MR) is 125 cm³/mol. The van der Waals surface area contributed by atoms with Crippen molar-refractivity contribution in [3.05, 3.63) is 101 Å². The molecule has 1 atom stereocenters. The van der Waals surface area contributed by atoms with Gasteiger partial charge in [-0.3, -0.25) is 0 Å². The molecule has 4 rings (SSSR count). The lowest BCUT2D eigenvalue weighted by Gasteiger charge is -2.37. The van der Waals surface area contributed by atoms with Crippen LogP contribution in [0.1, 0.15) is 29.5 Å². The van der Waals surface area contributed by atoms with Crippen molar-refractivity contribution in [1.29, 1.82) is 0 Å². The lowest BCUT2D eigenvalue weighted by Crippen LogP contribution is -2.57. The molecule has 0 unspecified atom stereocenters. The van der Waals surface area contributed by atoms with Gasteiger partial charge in [-0.2, -0.15) is 30.7 Å². The van der Waals surface area contributed by atoms with E-state index in [4.69, 9.17) is 0 Å². The maximum absolute atomic E-state index is 14.8. The number of carbonyl (C=O) groups is 1. The average Bonchev–Trinajstić information content (AvgIpc) is 3.64. The molecule has 1 aliphatic rings. The normalized spacial score (nSPS) is 16.2. The molecule has 1 saturated carbocycles. The number of urea groups is 1. The average molecular weight is 576 g/mol. The Labute approximate surface area is 222 Å². The number of rotatable bonds is 9. The number of carbonyl (C=O) groups excluding carboxylic acids is 1. The molecule has 4 nitrogen and oxygen atoms in total. The van der Waals surface area contributed by atoms with Crippen molar-refractivity contribution in [1.82, 2.24) is 10.6 Å². The Morgan fingerprint density at radius 1 is 0.850 bits per heavy atom. The van der Waals surface area contributed by atoms with Gasteiger partial charge in [0, 0.05) is 12.5 Å². The smallest absolute Gasteiger partial charge is 0.428 e. The highest BCUT2D eigenvalue weighted by molar-refractivity contribution is 5.78. The van der Waals surface area contributed by atoms with Crippen molar-refractivity contribution >= 4 is 6.03 Å². The van der Waals surface area contributed by atoms with Gasteiger partial charge in [0.05, 0.1) is 5.54 Å². The molecule has 0 spiro atoms. The third kappa shape index (κ3) is 6.13. The standard InChI is InChI=1S/C27H21F9N2O2/c28-19-8-6-17(7-9-19)25(15-16-4-2-1-3-5-16,38-23(39)37-24(10-11-24)27(34,35)36)18-12-20(29)14-21(13-18)40-26(32,33)22(30)31/h1-9,12-14,22H,10-11,15H2,(H2,37,38,39)/t25-/m1/s1. The summed E-state index contributed by atoms with van der Waals surface area (Å²) >= 11 is 0. The molecule has 13 heteroatoms. The lowest BCUT2D eigenvalue weighted by atomic mass is 9.77. The van der Waals surface area contributed by atoms with Crippen LogP contribution in [0.25, 0.3) is 0 Å². The van der Waals surface area contributed by atoms with E-state index in [9.17, 15) is 44.3 Å². The van der Waals surface area contributed by atoms with Crippen molar-refractivity contribution in [3.8, 4) is 5.75 Å². The number of halogens is 9. The summed E-state index contributed by atoms with van der Waals surface area (Å²) in [6, 6.07) is 12.8. The maximum atomic E-state index is 14.8. The Balaban J connectivity index is 1.88. The van der Waals surface area contributed by atoms with Gasteiger partial charge in [-0.05, 0) is 53.8 Å². The monoisotopic (exact) mass is 576 g/mol. The van der Waals surface area contributed by atoms with Crippen LogP contribution in [0.4, 0.5) is 44.3 Å². The molecular formula is C27H21F9N2O2. The van der Waals surface area contributed by atoms with E-state index in [1.807, 2.05) is 5.32 Å². The summed E-state index contributed by atoms with van der Waals surface area (Å²) in [5.74, 6) is -3.01. The molecule has 0 aliphatic heterocycles. The first-order valence-corrected chi connectivity index (χ1v) is 11.8. The second kappa shape index (κ2) is 10.6. The fourth-order valence-corrected chi connectivity index (χ4v) is 4.31. The molecule has 1 fully saturated rings. The van der Waals surface area contributed by atoms with E-state index in [2.05, 4.69) is 10.1 Å². The van der Waals surface area contributed by atoms with E-state index in [-0.39, 0.29) is 17.5 Å². The highest BCUT2D eigenvalue weighted by Gasteiger charge is 2.64. The fraction of sp³-hybridized carbons (Fsp3) is 0.296. The molecule has 3 aromatic rings. The first-order valence-electron chi connectivity index (χ1n) is 11.8. The summed E-state index contributed by atoms with van der Waals surface area (Å²) in [4.78, 5) is 13.1. The first-order chi connectivity index (χ1) is 18.7. The molecule has 214 valence electrons. The van der Waals surface area contributed by atoms with Crippen LogP contribution in [0.3, 0.4) is 0 Å². The molecule has 0 heterocycles. The number of nitrogens with one attached hydrogen (secondary N) is 2. The van der Waals surface area contributed by atoms with Gasteiger partial charge in [0.25, 0.3) is 0 Å². The number of amides is 2. The molecular weight excluding hydrogens is 555 g/mol. The molecule has 0 aromatic heterocycles. The molecule has 40 heavy (non-hydrogen) atoms. The van der Waals surface area contributed by atoms with E-state index in [0.717, 1.165) is 36.4 Å². The number of hydrogen-bond acceptors (Lipinski definition) is 2. The van der Waals surface area contributed by atoms with Crippen molar-refractivity contribution in [3.63, 3.8) is 0 Å². The van der Waals surface area contributed by atoms with Crippen molar-refractivity contribution in [2.24, 2.45) is 0 Å². The summed E-state index contributed by atoms with van der Waals surface area (Å²) in [6.07, 6.45) is -15.2. The molecule has 0 bridgehead atoms. The molecule has 1 aliphatic carbocycles. The van der Waals surface area contributed by atoms with Gasteiger partial charge in [0.1, 0.15) is 22.9 Å². The van der Waals surface area contributed by atoms with E-state index in [0.29, 0.717) is 11.6 Å². The van der Waals surface area contributed by atoms with Gasteiger partial charge in [-0.25, -0.2) is 13.6 Å². The van der Waals surface area contributed by atoms with Gasteiger partial charge in [-0.1, -0.05) is 42.5 Å². The minimum absolute atomic E-state index is 0.0157. The lowest BCUT2D eigenvalue weighted by molar-refractivity contribution is -0.253. The van der Waals surface area contributed by atoms with Gasteiger partial charge in [0.15, 0.2) is 0 Å². The largest absolute Gasteiger partial charge is 0.461 e. The highest BCUT2D eigenvalue weighted by Crippen LogP contribution is 2.49. The topological polar surface area (TPSA) is 50.4 Å². The van der Waals surface area contributed by atoms with Crippen LogP contribution in [0.15, 0.2) is 72.8 Å². The molecule has 0 saturated heterocycles. The minimum atomic E-state index is -5.01. The first kappa shape index (κ1) is 29.1. The summed E-state index contributed by atoms with van der Waals surface area (Å²) < 4.78 is 126. The second-order valence-corrected chi connectivity index (χ2v) is 9.37. The zero-order valence-corrected chi connectivity index (χ0v) is 20.3. The summed E-state index contributed by atoms with van der Waals surface area (Å²) in [7, 11) is 0. The van der Waals surface area contributed by atoms with Crippen LogP contribution in [-0.2, 0) is 12.0 Å². The van der Waals surface area contributed by atoms with Crippen LogP contribution in [-0.4, -0.2) is 30.3 Å².